The lowest BCUT2D eigenvalue weighted by molar-refractivity contribution is -0.384. The van der Waals surface area contributed by atoms with Crippen LogP contribution in [0.2, 0.25) is 0 Å². The van der Waals surface area contributed by atoms with Gasteiger partial charge in [0, 0.05) is 32.8 Å². The van der Waals surface area contributed by atoms with Crippen LogP contribution in [0.25, 0.3) is 0 Å². The summed E-state index contributed by atoms with van der Waals surface area (Å²) in [6, 6.07) is 3.12. The average molecular weight is 294 g/mol. The van der Waals surface area contributed by atoms with Gasteiger partial charge in [-0.2, -0.15) is 0 Å². The normalized spacial score (nSPS) is 14.0. The van der Waals surface area contributed by atoms with Crippen molar-refractivity contribution in [3.05, 3.63) is 22.2 Å². The molecule has 1 aliphatic rings. The van der Waals surface area contributed by atoms with Gasteiger partial charge in [0.2, 0.25) is 5.82 Å². The Bertz CT molecular complexity index is 491. The van der Waals surface area contributed by atoms with E-state index in [0.717, 1.165) is 19.1 Å². The predicted octanol–water partition coefficient (Wildman–Crippen LogP) is 2.28. The maximum atomic E-state index is 11.1. The third-order valence-electron chi connectivity index (χ3n) is 3.39. The zero-order valence-electron chi connectivity index (χ0n) is 12.5. The minimum Gasteiger partial charge on any atom is -0.379 e. The van der Waals surface area contributed by atoms with Crippen LogP contribution in [0.1, 0.15) is 19.8 Å². The van der Waals surface area contributed by atoms with Gasteiger partial charge < -0.3 is 15.0 Å². The fourth-order valence-corrected chi connectivity index (χ4v) is 1.99. The standard InChI is InChI=1S/C14H22N4O3/c1-3-15-13-7-6-12(18(19)20)14(16-13)17(2)8-9-21-10-11-4-5-11/h6-7,11H,3-5,8-10H2,1-2H3,(H,15,16). The van der Waals surface area contributed by atoms with E-state index in [2.05, 4.69) is 10.3 Å². The smallest absolute Gasteiger partial charge is 0.311 e. The number of nitro groups is 1. The van der Waals surface area contributed by atoms with Crippen molar-refractivity contribution in [3.8, 4) is 0 Å². The van der Waals surface area contributed by atoms with Crippen LogP contribution in [0.3, 0.4) is 0 Å². The van der Waals surface area contributed by atoms with Crippen LogP contribution >= 0.6 is 0 Å². The van der Waals surface area contributed by atoms with Crippen molar-refractivity contribution in [3.63, 3.8) is 0 Å². The molecule has 2 rings (SSSR count). The topological polar surface area (TPSA) is 80.5 Å². The highest BCUT2D eigenvalue weighted by Gasteiger charge is 2.22. The lowest BCUT2D eigenvalue weighted by Gasteiger charge is -2.18. The first kappa shape index (κ1) is 15.5. The van der Waals surface area contributed by atoms with Crippen LogP contribution in [0.15, 0.2) is 12.1 Å². The van der Waals surface area contributed by atoms with E-state index in [1.54, 1.807) is 18.0 Å². The summed E-state index contributed by atoms with van der Waals surface area (Å²) in [5, 5.41) is 14.2. The first-order chi connectivity index (χ1) is 10.1. The molecule has 0 spiro atoms. The fraction of sp³-hybridized carbons (Fsp3) is 0.643. The molecular formula is C14H22N4O3. The molecule has 0 amide bonds. The van der Waals surface area contributed by atoms with Crippen LogP contribution in [-0.2, 0) is 4.74 Å². The van der Waals surface area contributed by atoms with E-state index in [1.807, 2.05) is 6.92 Å². The summed E-state index contributed by atoms with van der Waals surface area (Å²) in [7, 11) is 1.80. The second-order valence-electron chi connectivity index (χ2n) is 5.27. The van der Waals surface area contributed by atoms with Gasteiger partial charge in [-0.15, -0.1) is 0 Å². The molecule has 1 aromatic heterocycles. The highest BCUT2D eigenvalue weighted by atomic mass is 16.6. The number of hydrogen-bond donors (Lipinski definition) is 1. The van der Waals surface area contributed by atoms with Gasteiger partial charge in [-0.05, 0) is 31.7 Å². The van der Waals surface area contributed by atoms with Gasteiger partial charge >= 0.3 is 5.69 Å². The van der Waals surface area contributed by atoms with Crippen LogP contribution in [-0.4, -0.2) is 43.3 Å². The maximum absolute atomic E-state index is 11.1. The van der Waals surface area contributed by atoms with Crippen LogP contribution in [0.5, 0.6) is 0 Å². The first-order valence-electron chi connectivity index (χ1n) is 7.30. The molecule has 1 N–H and O–H groups in total. The minimum atomic E-state index is -0.403. The summed E-state index contributed by atoms with van der Waals surface area (Å²) < 4.78 is 5.57. The number of anilines is 2. The van der Waals surface area contributed by atoms with Crippen LogP contribution < -0.4 is 10.2 Å². The van der Waals surface area contributed by atoms with Gasteiger partial charge in [0.15, 0.2) is 0 Å². The molecule has 1 aliphatic carbocycles. The summed E-state index contributed by atoms with van der Waals surface area (Å²) >= 11 is 0. The predicted molar refractivity (Wildman–Crippen MR) is 81.9 cm³/mol. The molecule has 0 aromatic carbocycles. The van der Waals surface area contributed by atoms with Crippen molar-refractivity contribution in [1.82, 2.24) is 4.98 Å². The number of aromatic nitrogens is 1. The Hall–Kier alpha value is -1.89. The van der Waals surface area contributed by atoms with Crippen molar-refractivity contribution >= 4 is 17.3 Å². The molecule has 0 bridgehead atoms. The number of likely N-dealkylation sites (N-methyl/N-ethyl adjacent to an activating group) is 1. The molecular weight excluding hydrogens is 272 g/mol. The van der Waals surface area contributed by atoms with E-state index in [0.29, 0.717) is 24.8 Å². The summed E-state index contributed by atoms with van der Waals surface area (Å²) in [6.07, 6.45) is 2.52. The Kier molecular flexibility index (Phi) is 5.32. The molecule has 0 atom stereocenters. The van der Waals surface area contributed by atoms with E-state index in [-0.39, 0.29) is 5.69 Å². The summed E-state index contributed by atoms with van der Waals surface area (Å²) in [6.45, 7) is 4.60. The van der Waals surface area contributed by atoms with E-state index < -0.39 is 4.92 Å². The van der Waals surface area contributed by atoms with Gasteiger partial charge in [-0.25, -0.2) is 4.98 Å². The Morgan fingerprint density at radius 2 is 2.29 bits per heavy atom. The van der Waals surface area contributed by atoms with Gasteiger partial charge in [-0.3, -0.25) is 10.1 Å². The highest BCUT2D eigenvalue weighted by Crippen LogP contribution is 2.29. The minimum absolute atomic E-state index is 0.0151. The number of nitrogens with zero attached hydrogens (tertiary/aromatic N) is 3. The molecule has 0 aliphatic heterocycles. The molecule has 7 heteroatoms. The largest absolute Gasteiger partial charge is 0.379 e. The number of ether oxygens (including phenoxy) is 1. The quantitative estimate of drug-likeness (QED) is 0.427. The second kappa shape index (κ2) is 7.21. The van der Waals surface area contributed by atoms with Crippen LogP contribution in [0.4, 0.5) is 17.3 Å². The molecule has 1 fully saturated rings. The Morgan fingerprint density at radius 3 is 2.90 bits per heavy atom. The number of rotatable bonds is 9. The Balaban J connectivity index is 1.99. The fourth-order valence-electron chi connectivity index (χ4n) is 1.99. The summed E-state index contributed by atoms with van der Waals surface area (Å²) in [5.74, 6) is 1.73. The second-order valence-corrected chi connectivity index (χ2v) is 5.27. The van der Waals surface area contributed by atoms with Crippen molar-refractivity contribution in [2.24, 2.45) is 5.92 Å². The molecule has 0 saturated heterocycles. The molecule has 1 heterocycles. The number of nitrogens with one attached hydrogen (secondary N) is 1. The zero-order valence-corrected chi connectivity index (χ0v) is 12.5. The lowest BCUT2D eigenvalue weighted by Crippen LogP contribution is -2.25. The number of pyridine rings is 1. The van der Waals surface area contributed by atoms with Crippen molar-refractivity contribution in [1.29, 1.82) is 0 Å². The van der Waals surface area contributed by atoms with Gasteiger partial charge in [0.25, 0.3) is 0 Å². The average Bonchev–Trinajstić information content (AvgIpc) is 3.27. The zero-order chi connectivity index (χ0) is 15.2. The molecule has 0 unspecified atom stereocenters. The van der Waals surface area contributed by atoms with E-state index >= 15 is 0 Å². The molecule has 116 valence electrons. The summed E-state index contributed by atoms with van der Waals surface area (Å²) in [5.41, 5.74) is 0.0151. The third-order valence-corrected chi connectivity index (χ3v) is 3.39. The molecule has 21 heavy (non-hydrogen) atoms. The van der Waals surface area contributed by atoms with Gasteiger partial charge in [0.05, 0.1) is 11.5 Å². The third kappa shape index (κ3) is 4.56. The first-order valence-corrected chi connectivity index (χ1v) is 7.30. The molecule has 0 radical (unpaired) electrons. The Morgan fingerprint density at radius 1 is 1.52 bits per heavy atom. The van der Waals surface area contributed by atoms with Crippen LogP contribution in [0, 0.1) is 16.0 Å². The lowest BCUT2D eigenvalue weighted by atomic mass is 10.3. The monoisotopic (exact) mass is 294 g/mol. The Labute approximate surface area is 124 Å². The van der Waals surface area contributed by atoms with E-state index in [1.165, 1.54) is 18.9 Å². The van der Waals surface area contributed by atoms with E-state index in [4.69, 9.17) is 4.74 Å². The summed E-state index contributed by atoms with van der Waals surface area (Å²) in [4.78, 5) is 16.8. The van der Waals surface area contributed by atoms with Crippen molar-refractivity contribution < 1.29 is 9.66 Å². The molecule has 7 nitrogen and oxygen atoms in total. The number of hydrogen-bond acceptors (Lipinski definition) is 6. The van der Waals surface area contributed by atoms with Crippen molar-refractivity contribution in [2.45, 2.75) is 19.8 Å². The SMILES string of the molecule is CCNc1ccc([N+](=O)[O-])c(N(C)CCOCC2CC2)n1. The van der Waals surface area contributed by atoms with Gasteiger partial charge in [0.1, 0.15) is 5.82 Å². The maximum Gasteiger partial charge on any atom is 0.311 e. The molecule has 1 aromatic rings. The molecule has 1 saturated carbocycles. The van der Waals surface area contributed by atoms with E-state index in [9.17, 15) is 10.1 Å². The van der Waals surface area contributed by atoms with Gasteiger partial charge in [-0.1, -0.05) is 0 Å². The highest BCUT2D eigenvalue weighted by molar-refractivity contribution is 5.61. The van der Waals surface area contributed by atoms with Crippen molar-refractivity contribution in [2.75, 3.05) is 43.6 Å².